The van der Waals surface area contributed by atoms with E-state index >= 15 is 0 Å². The van der Waals surface area contributed by atoms with E-state index in [1.165, 1.54) is 0 Å². The highest BCUT2D eigenvalue weighted by molar-refractivity contribution is 5.80. The van der Waals surface area contributed by atoms with Crippen molar-refractivity contribution in [2.24, 2.45) is 5.92 Å². The monoisotopic (exact) mass is 349 g/mol. The zero-order valence-electron chi connectivity index (χ0n) is 15.4. The Labute approximate surface area is 148 Å². The topological polar surface area (TPSA) is 71.1 Å². The number of likely N-dealkylation sites (tertiary alicyclic amines) is 1. The lowest BCUT2D eigenvalue weighted by Gasteiger charge is -2.33. The Morgan fingerprint density at radius 1 is 1.28 bits per heavy atom. The number of hydrogen-bond donors (Lipinski definition) is 1. The van der Waals surface area contributed by atoms with Crippen LogP contribution in [0.15, 0.2) is 18.2 Å². The molecule has 1 N–H and O–H groups in total. The summed E-state index contributed by atoms with van der Waals surface area (Å²) in [5.74, 6) is 1.17. The molecule has 0 unspecified atom stereocenters. The molecule has 25 heavy (non-hydrogen) atoms. The first-order chi connectivity index (χ1) is 12.0. The number of carbonyl (C=O) groups excluding carboxylic acids is 2. The summed E-state index contributed by atoms with van der Waals surface area (Å²) in [6.07, 6.45) is 1.63. The van der Waals surface area contributed by atoms with Gasteiger partial charge in [0.2, 0.25) is 5.91 Å². The van der Waals surface area contributed by atoms with Gasteiger partial charge in [-0.15, -0.1) is 0 Å². The number of methoxy groups -OCH3 is 2. The molecule has 1 aliphatic rings. The Balaban J connectivity index is 1.95. The first-order valence-corrected chi connectivity index (χ1v) is 8.41. The molecule has 2 rings (SSSR count). The molecule has 1 aromatic rings. The second-order valence-electron chi connectivity index (χ2n) is 6.36. The lowest BCUT2D eigenvalue weighted by Crippen LogP contribution is -2.48. The quantitative estimate of drug-likeness (QED) is 0.879. The van der Waals surface area contributed by atoms with Gasteiger partial charge >= 0.3 is 6.03 Å². The maximum absolute atomic E-state index is 12.5. The highest BCUT2D eigenvalue weighted by Gasteiger charge is 2.29. The molecule has 0 saturated carbocycles. The summed E-state index contributed by atoms with van der Waals surface area (Å²) in [6.45, 7) is 1.54. The molecule has 0 bridgehead atoms. The van der Waals surface area contributed by atoms with Gasteiger partial charge in [-0.3, -0.25) is 4.79 Å². The van der Waals surface area contributed by atoms with Crippen LogP contribution in [0.4, 0.5) is 4.79 Å². The van der Waals surface area contributed by atoms with E-state index in [1.54, 1.807) is 44.2 Å². The Hall–Kier alpha value is -2.44. The summed E-state index contributed by atoms with van der Waals surface area (Å²) in [5.41, 5.74) is 0.883. The van der Waals surface area contributed by atoms with Crippen LogP contribution >= 0.6 is 0 Å². The van der Waals surface area contributed by atoms with Crippen LogP contribution in [0.25, 0.3) is 0 Å². The zero-order valence-corrected chi connectivity index (χ0v) is 15.4. The third kappa shape index (κ3) is 4.78. The molecule has 0 spiro atoms. The van der Waals surface area contributed by atoms with Crippen LogP contribution in [0.5, 0.6) is 11.5 Å². The highest BCUT2D eigenvalue weighted by atomic mass is 16.5. The maximum Gasteiger partial charge on any atom is 0.319 e. The summed E-state index contributed by atoms with van der Waals surface area (Å²) >= 11 is 0. The Kier molecular flexibility index (Phi) is 6.50. The van der Waals surface area contributed by atoms with Crippen molar-refractivity contribution in [1.29, 1.82) is 0 Å². The van der Waals surface area contributed by atoms with Gasteiger partial charge in [0.05, 0.1) is 20.1 Å². The van der Waals surface area contributed by atoms with E-state index in [1.807, 2.05) is 12.1 Å². The van der Waals surface area contributed by atoms with Crippen LogP contribution in [-0.2, 0) is 11.3 Å². The number of amides is 3. The number of hydrogen-bond acceptors (Lipinski definition) is 4. The predicted octanol–water partition coefficient (Wildman–Crippen LogP) is 1.71. The van der Waals surface area contributed by atoms with Gasteiger partial charge in [0.1, 0.15) is 11.5 Å². The maximum atomic E-state index is 12.5. The van der Waals surface area contributed by atoms with E-state index in [2.05, 4.69) is 5.32 Å². The van der Waals surface area contributed by atoms with Crippen molar-refractivity contribution >= 4 is 11.9 Å². The van der Waals surface area contributed by atoms with E-state index in [0.29, 0.717) is 31.1 Å². The van der Waals surface area contributed by atoms with Gasteiger partial charge in [-0.1, -0.05) is 0 Å². The van der Waals surface area contributed by atoms with E-state index < -0.39 is 0 Å². The minimum Gasteiger partial charge on any atom is -0.497 e. The fourth-order valence-corrected chi connectivity index (χ4v) is 2.97. The van der Waals surface area contributed by atoms with Crippen LogP contribution in [0.3, 0.4) is 0 Å². The molecular weight excluding hydrogens is 322 g/mol. The Morgan fingerprint density at radius 2 is 2.04 bits per heavy atom. The van der Waals surface area contributed by atoms with Gasteiger partial charge in [0.15, 0.2) is 0 Å². The number of benzene rings is 1. The Bertz CT molecular complexity index is 618. The van der Waals surface area contributed by atoms with Gasteiger partial charge in [-0.25, -0.2) is 4.79 Å². The van der Waals surface area contributed by atoms with Gasteiger partial charge < -0.3 is 24.6 Å². The van der Waals surface area contributed by atoms with Crippen molar-refractivity contribution in [3.05, 3.63) is 23.8 Å². The van der Waals surface area contributed by atoms with Crippen molar-refractivity contribution in [2.75, 3.05) is 41.4 Å². The minimum absolute atomic E-state index is 0.0332. The van der Waals surface area contributed by atoms with Crippen LogP contribution < -0.4 is 14.8 Å². The van der Waals surface area contributed by atoms with Crippen LogP contribution in [0.1, 0.15) is 18.4 Å². The first-order valence-electron chi connectivity index (χ1n) is 8.41. The van der Waals surface area contributed by atoms with Crippen LogP contribution in [0, 0.1) is 5.92 Å². The van der Waals surface area contributed by atoms with Crippen molar-refractivity contribution in [3.63, 3.8) is 0 Å². The number of rotatable bonds is 5. The fourth-order valence-electron chi connectivity index (χ4n) is 2.97. The molecule has 0 radical (unpaired) electrons. The summed E-state index contributed by atoms with van der Waals surface area (Å²) in [6, 6.07) is 5.46. The molecule has 1 saturated heterocycles. The first kappa shape index (κ1) is 18.9. The average Bonchev–Trinajstić information content (AvgIpc) is 2.65. The van der Waals surface area contributed by atoms with Crippen molar-refractivity contribution in [1.82, 2.24) is 15.1 Å². The number of piperidine rings is 1. The van der Waals surface area contributed by atoms with Gasteiger partial charge in [0, 0.05) is 45.4 Å². The molecule has 1 atom stereocenters. The second-order valence-corrected chi connectivity index (χ2v) is 6.36. The van der Waals surface area contributed by atoms with E-state index in [4.69, 9.17) is 9.47 Å². The van der Waals surface area contributed by atoms with E-state index in [0.717, 1.165) is 18.4 Å². The van der Waals surface area contributed by atoms with Gasteiger partial charge in [0.25, 0.3) is 0 Å². The number of nitrogens with zero attached hydrogens (tertiary/aromatic N) is 2. The van der Waals surface area contributed by atoms with Gasteiger partial charge in [-0.2, -0.15) is 0 Å². The molecule has 1 heterocycles. The highest BCUT2D eigenvalue weighted by Crippen LogP contribution is 2.25. The molecule has 0 aromatic heterocycles. The summed E-state index contributed by atoms with van der Waals surface area (Å²) < 4.78 is 10.5. The zero-order chi connectivity index (χ0) is 18.4. The predicted molar refractivity (Wildman–Crippen MR) is 94.8 cm³/mol. The van der Waals surface area contributed by atoms with Crippen molar-refractivity contribution in [3.8, 4) is 11.5 Å². The molecule has 1 aromatic carbocycles. The normalized spacial score (nSPS) is 17.0. The number of carbonyl (C=O) groups is 2. The third-order valence-corrected chi connectivity index (χ3v) is 4.39. The second kappa shape index (κ2) is 8.60. The standard InChI is InChI=1S/C18H27N3O4/c1-20(2)18(23)21-9-5-6-14(12-21)17(22)19-11-13-7-8-15(24-3)10-16(13)25-4/h7-8,10,14H,5-6,9,11-12H2,1-4H3,(H,19,22)/t14-/m1/s1. The van der Waals surface area contributed by atoms with Crippen molar-refractivity contribution in [2.45, 2.75) is 19.4 Å². The Morgan fingerprint density at radius 3 is 2.68 bits per heavy atom. The smallest absolute Gasteiger partial charge is 0.319 e. The van der Waals surface area contributed by atoms with Gasteiger partial charge in [-0.05, 0) is 25.0 Å². The van der Waals surface area contributed by atoms with Crippen LogP contribution in [-0.4, -0.2) is 63.1 Å². The fraction of sp³-hybridized carbons (Fsp3) is 0.556. The molecule has 7 nitrogen and oxygen atoms in total. The molecule has 1 fully saturated rings. The van der Waals surface area contributed by atoms with E-state index in [9.17, 15) is 9.59 Å². The lowest BCUT2D eigenvalue weighted by molar-refractivity contribution is -0.126. The SMILES string of the molecule is COc1ccc(CNC(=O)[C@@H]2CCCN(C(=O)N(C)C)C2)c(OC)c1. The van der Waals surface area contributed by atoms with E-state index in [-0.39, 0.29) is 17.9 Å². The van der Waals surface area contributed by atoms with Crippen molar-refractivity contribution < 1.29 is 19.1 Å². The molecule has 0 aliphatic carbocycles. The summed E-state index contributed by atoms with van der Waals surface area (Å²) in [7, 11) is 6.63. The molecule has 138 valence electrons. The molecule has 1 aliphatic heterocycles. The molecule has 7 heteroatoms. The summed E-state index contributed by atoms with van der Waals surface area (Å²) in [4.78, 5) is 27.9. The minimum atomic E-state index is -0.179. The molecule has 3 amide bonds. The molecular formula is C18H27N3O4. The largest absolute Gasteiger partial charge is 0.497 e. The third-order valence-electron chi connectivity index (χ3n) is 4.39. The summed E-state index contributed by atoms with van der Waals surface area (Å²) in [5, 5.41) is 2.96. The number of nitrogens with one attached hydrogen (secondary N) is 1. The lowest BCUT2D eigenvalue weighted by atomic mass is 9.97. The number of urea groups is 1. The number of ether oxygens (including phenoxy) is 2. The van der Waals surface area contributed by atoms with Crippen LogP contribution in [0.2, 0.25) is 0 Å². The average molecular weight is 349 g/mol.